The lowest BCUT2D eigenvalue weighted by Gasteiger charge is -2.46. The number of phenolic OH excluding ortho intramolecular Hbond substituents is 1. The fourth-order valence-electron chi connectivity index (χ4n) is 4.90. The molecule has 0 unspecified atom stereocenters. The minimum absolute atomic E-state index is 0.0136. The Morgan fingerprint density at radius 2 is 1.77 bits per heavy atom. The van der Waals surface area contributed by atoms with Gasteiger partial charge in [-0.15, -0.1) is 15.3 Å². The number of nitrogens with one attached hydrogen (secondary N) is 2. The van der Waals surface area contributed by atoms with Gasteiger partial charge >= 0.3 is 0 Å². The average Bonchev–Trinajstić information content (AvgIpc) is 3.35. The van der Waals surface area contributed by atoms with Crippen LogP contribution >= 0.6 is 0 Å². The van der Waals surface area contributed by atoms with E-state index < -0.39 is 0 Å². The first-order chi connectivity index (χ1) is 14.7. The summed E-state index contributed by atoms with van der Waals surface area (Å²) < 4.78 is 1.90. The molecule has 4 aromatic rings. The van der Waals surface area contributed by atoms with Gasteiger partial charge in [-0.3, -0.25) is 5.10 Å². The molecule has 0 bridgehead atoms. The highest BCUT2D eigenvalue weighted by Gasteiger charge is 2.39. The molecular formula is C22H26N8O. The maximum absolute atomic E-state index is 10.6. The molecule has 0 saturated carbocycles. The van der Waals surface area contributed by atoms with Crippen molar-refractivity contribution in [3.8, 4) is 28.3 Å². The van der Waals surface area contributed by atoms with Crippen molar-refractivity contribution in [3.05, 3.63) is 36.5 Å². The summed E-state index contributed by atoms with van der Waals surface area (Å²) in [7, 11) is 0. The van der Waals surface area contributed by atoms with Gasteiger partial charge in [-0.25, -0.2) is 4.68 Å². The van der Waals surface area contributed by atoms with Crippen LogP contribution in [0.3, 0.4) is 0 Å². The minimum Gasteiger partial charge on any atom is -0.507 e. The number of hydrogen-bond acceptors (Lipinski definition) is 7. The van der Waals surface area contributed by atoms with Gasteiger partial charge in [0.15, 0.2) is 0 Å². The van der Waals surface area contributed by atoms with Crippen molar-refractivity contribution in [1.82, 2.24) is 40.7 Å². The topological polar surface area (TPSA) is 117 Å². The van der Waals surface area contributed by atoms with E-state index in [1.165, 1.54) is 0 Å². The van der Waals surface area contributed by atoms with Crippen molar-refractivity contribution < 1.29 is 5.11 Å². The van der Waals surface area contributed by atoms with Gasteiger partial charge in [0, 0.05) is 28.4 Å². The normalized spacial score (nSPS) is 18.5. The molecule has 1 fully saturated rings. The lowest BCUT2D eigenvalue weighted by molar-refractivity contribution is 0.127. The molecule has 0 aliphatic carbocycles. The minimum atomic E-state index is -0.0136. The maximum atomic E-state index is 10.6. The Hall–Kier alpha value is -3.33. The number of fused-ring (bicyclic) bond motifs is 1. The van der Waals surface area contributed by atoms with Crippen molar-refractivity contribution >= 4 is 11.2 Å². The van der Waals surface area contributed by atoms with Crippen LogP contribution < -0.4 is 5.32 Å². The maximum Gasteiger partial charge on any atom is 0.201 e. The largest absolute Gasteiger partial charge is 0.507 e. The fraction of sp³-hybridized carbons (Fsp3) is 0.409. The number of piperidine rings is 1. The molecule has 3 N–H and O–H groups in total. The molecule has 0 atom stereocenters. The van der Waals surface area contributed by atoms with Crippen LogP contribution in [0.5, 0.6) is 5.75 Å². The van der Waals surface area contributed by atoms with Crippen molar-refractivity contribution in [2.75, 3.05) is 0 Å². The molecule has 0 spiro atoms. The second kappa shape index (κ2) is 6.84. The SMILES string of the molecule is CC1(C)CC(n2nnc3cc(-c4ccc(-c5ccn[nH]5)cc4O)nnc32)CC(C)(C)N1. The highest BCUT2D eigenvalue weighted by Crippen LogP contribution is 2.37. The molecule has 4 heterocycles. The van der Waals surface area contributed by atoms with Gasteiger partial charge in [-0.1, -0.05) is 11.3 Å². The molecule has 1 aliphatic rings. The molecule has 5 rings (SSSR count). The molecule has 9 heteroatoms. The Balaban J connectivity index is 1.49. The lowest BCUT2D eigenvalue weighted by Crippen LogP contribution is -2.58. The number of aromatic amines is 1. The standard InChI is InChI=1S/C22H26N8O/c1-21(2)11-14(12-22(3,4)28-21)30-20-18(26-29-30)10-17(25-27-20)15-6-5-13(9-19(15)31)16-7-8-23-24-16/h5-10,14,28,31H,11-12H2,1-4H3,(H,23,24). The number of phenols is 1. The number of nitrogens with zero attached hydrogens (tertiary/aromatic N) is 6. The van der Waals surface area contributed by atoms with E-state index in [-0.39, 0.29) is 22.9 Å². The first-order valence-corrected chi connectivity index (χ1v) is 10.4. The second-order valence-corrected chi connectivity index (χ2v) is 9.63. The zero-order chi connectivity index (χ0) is 21.8. The Morgan fingerprint density at radius 1 is 1.00 bits per heavy atom. The van der Waals surface area contributed by atoms with Gasteiger partial charge in [0.1, 0.15) is 11.3 Å². The Kier molecular flexibility index (Phi) is 4.33. The summed E-state index contributed by atoms with van der Waals surface area (Å²) in [5.41, 5.74) is 4.12. The van der Waals surface area contributed by atoms with Crippen LogP contribution in [0.4, 0.5) is 0 Å². The predicted molar refractivity (Wildman–Crippen MR) is 117 cm³/mol. The van der Waals surface area contributed by atoms with Gasteiger partial charge in [0.2, 0.25) is 5.65 Å². The van der Waals surface area contributed by atoms with E-state index in [4.69, 9.17) is 0 Å². The van der Waals surface area contributed by atoms with Crippen LogP contribution in [-0.4, -0.2) is 51.6 Å². The van der Waals surface area contributed by atoms with Crippen LogP contribution in [-0.2, 0) is 0 Å². The Bertz CT molecular complexity index is 1230. The molecule has 3 aromatic heterocycles. The quantitative estimate of drug-likeness (QED) is 0.466. The van der Waals surface area contributed by atoms with Crippen LogP contribution in [0.25, 0.3) is 33.7 Å². The molecule has 0 amide bonds. The Morgan fingerprint density at radius 3 is 2.45 bits per heavy atom. The van der Waals surface area contributed by atoms with E-state index in [0.717, 1.165) is 24.1 Å². The fourth-order valence-corrected chi connectivity index (χ4v) is 4.90. The van der Waals surface area contributed by atoms with Crippen LogP contribution in [0.2, 0.25) is 0 Å². The third-order valence-electron chi connectivity index (χ3n) is 5.82. The van der Waals surface area contributed by atoms with Gasteiger partial charge in [-0.2, -0.15) is 5.10 Å². The third kappa shape index (κ3) is 3.65. The molecule has 1 saturated heterocycles. The zero-order valence-corrected chi connectivity index (χ0v) is 18.1. The van der Waals surface area contributed by atoms with Gasteiger partial charge in [-0.05, 0) is 64.8 Å². The van der Waals surface area contributed by atoms with Gasteiger partial charge < -0.3 is 10.4 Å². The summed E-state index contributed by atoms with van der Waals surface area (Å²) in [5, 5.41) is 38.7. The lowest BCUT2D eigenvalue weighted by atomic mass is 9.80. The zero-order valence-electron chi connectivity index (χ0n) is 18.1. The van der Waals surface area contributed by atoms with Crippen LogP contribution in [0.15, 0.2) is 36.5 Å². The highest BCUT2D eigenvalue weighted by atomic mass is 16.3. The third-order valence-corrected chi connectivity index (χ3v) is 5.82. The molecule has 31 heavy (non-hydrogen) atoms. The summed E-state index contributed by atoms with van der Waals surface area (Å²) in [5.74, 6) is 0.120. The summed E-state index contributed by atoms with van der Waals surface area (Å²) >= 11 is 0. The van der Waals surface area contributed by atoms with E-state index >= 15 is 0 Å². The van der Waals surface area contributed by atoms with Crippen molar-refractivity contribution in [1.29, 1.82) is 0 Å². The highest BCUT2D eigenvalue weighted by molar-refractivity contribution is 5.79. The molecule has 1 aromatic carbocycles. The number of rotatable bonds is 3. The van der Waals surface area contributed by atoms with E-state index in [1.807, 2.05) is 28.9 Å². The Labute approximate surface area is 179 Å². The summed E-state index contributed by atoms with van der Waals surface area (Å²) in [6.45, 7) is 8.83. The number of H-pyrrole nitrogens is 1. The average molecular weight is 419 g/mol. The van der Waals surface area contributed by atoms with Crippen molar-refractivity contribution in [2.45, 2.75) is 57.7 Å². The molecule has 9 nitrogen and oxygen atoms in total. The summed E-state index contributed by atoms with van der Waals surface area (Å²) in [6, 6.07) is 9.27. The molecule has 0 radical (unpaired) electrons. The molecule has 1 aliphatic heterocycles. The molecular weight excluding hydrogens is 392 g/mol. The van der Waals surface area contributed by atoms with Gasteiger partial charge in [0.05, 0.1) is 17.4 Å². The molecule has 160 valence electrons. The number of aromatic hydroxyl groups is 1. The van der Waals surface area contributed by atoms with Crippen molar-refractivity contribution in [2.24, 2.45) is 0 Å². The van der Waals surface area contributed by atoms with Crippen LogP contribution in [0.1, 0.15) is 46.6 Å². The monoisotopic (exact) mass is 418 g/mol. The summed E-state index contributed by atoms with van der Waals surface area (Å²) in [6.07, 6.45) is 3.52. The second-order valence-electron chi connectivity index (χ2n) is 9.63. The van der Waals surface area contributed by atoms with E-state index in [1.54, 1.807) is 12.3 Å². The van der Waals surface area contributed by atoms with Crippen LogP contribution in [0, 0.1) is 0 Å². The first-order valence-electron chi connectivity index (χ1n) is 10.4. The van der Waals surface area contributed by atoms with Crippen molar-refractivity contribution in [3.63, 3.8) is 0 Å². The number of aromatic nitrogens is 7. The summed E-state index contributed by atoms with van der Waals surface area (Å²) in [4.78, 5) is 0. The number of hydrogen-bond donors (Lipinski definition) is 3. The smallest absolute Gasteiger partial charge is 0.201 e. The van der Waals surface area contributed by atoms with E-state index in [0.29, 0.717) is 22.4 Å². The van der Waals surface area contributed by atoms with E-state index in [9.17, 15) is 5.11 Å². The van der Waals surface area contributed by atoms with Gasteiger partial charge in [0.25, 0.3) is 0 Å². The number of benzene rings is 1. The predicted octanol–water partition coefficient (Wildman–Crippen LogP) is 3.47. The van der Waals surface area contributed by atoms with E-state index in [2.05, 4.69) is 63.7 Å². The first kappa shape index (κ1) is 19.6.